The molecule has 0 aliphatic heterocycles. The van der Waals surface area contributed by atoms with E-state index in [2.05, 4.69) is 5.32 Å². The van der Waals surface area contributed by atoms with E-state index in [0.717, 1.165) is 17.7 Å². The lowest BCUT2D eigenvalue weighted by Gasteiger charge is -2.09. The van der Waals surface area contributed by atoms with Gasteiger partial charge in [-0.05, 0) is 25.1 Å². The van der Waals surface area contributed by atoms with Crippen LogP contribution in [0.5, 0.6) is 0 Å². The first kappa shape index (κ1) is 14.0. The Morgan fingerprint density at radius 3 is 2.65 bits per heavy atom. The van der Waals surface area contributed by atoms with Crippen molar-refractivity contribution in [3.8, 4) is 0 Å². The van der Waals surface area contributed by atoms with Crippen LogP contribution in [0.1, 0.15) is 21.5 Å². The summed E-state index contributed by atoms with van der Waals surface area (Å²) in [5.41, 5.74) is 7.53. The Labute approximate surface area is 115 Å². The van der Waals surface area contributed by atoms with Crippen LogP contribution in [0.2, 0.25) is 0 Å². The number of nitrogens with one attached hydrogen (secondary N) is 1. The number of hydrogen-bond donors (Lipinski definition) is 2. The summed E-state index contributed by atoms with van der Waals surface area (Å²) < 4.78 is 26.2. The third-order valence-corrected chi connectivity index (χ3v) is 2.91. The average Bonchev–Trinajstić information content (AvgIpc) is 2.40. The van der Waals surface area contributed by atoms with Gasteiger partial charge in [0.05, 0.1) is 5.56 Å². The van der Waals surface area contributed by atoms with Crippen molar-refractivity contribution >= 4 is 11.6 Å². The molecule has 2 aromatic carbocycles. The Bertz CT molecular complexity index is 656. The fourth-order valence-electron chi connectivity index (χ4n) is 1.80. The summed E-state index contributed by atoms with van der Waals surface area (Å²) in [5.74, 6) is -1.74. The number of benzene rings is 2. The molecule has 0 unspecified atom stereocenters. The van der Waals surface area contributed by atoms with E-state index in [-0.39, 0.29) is 12.1 Å². The van der Waals surface area contributed by atoms with Crippen molar-refractivity contribution in [2.45, 2.75) is 13.5 Å². The summed E-state index contributed by atoms with van der Waals surface area (Å²) in [4.78, 5) is 12.0. The molecule has 0 saturated carbocycles. The van der Waals surface area contributed by atoms with Crippen molar-refractivity contribution in [1.82, 2.24) is 5.32 Å². The van der Waals surface area contributed by atoms with E-state index in [1.807, 2.05) is 6.92 Å². The Hall–Kier alpha value is -2.43. The molecule has 0 atom stereocenters. The Balaban J connectivity index is 2.10. The lowest BCUT2D eigenvalue weighted by Crippen LogP contribution is -2.24. The third-order valence-electron chi connectivity index (χ3n) is 2.91. The molecule has 3 nitrogen and oxygen atoms in total. The molecule has 0 aromatic heterocycles. The summed E-state index contributed by atoms with van der Waals surface area (Å²) in [6.07, 6.45) is 0. The molecule has 2 aromatic rings. The highest BCUT2D eigenvalue weighted by molar-refractivity contribution is 5.99. The van der Waals surface area contributed by atoms with Crippen LogP contribution in [0, 0.1) is 18.6 Å². The van der Waals surface area contributed by atoms with E-state index in [4.69, 9.17) is 5.73 Å². The van der Waals surface area contributed by atoms with E-state index < -0.39 is 17.5 Å². The molecule has 0 aliphatic rings. The van der Waals surface area contributed by atoms with E-state index >= 15 is 0 Å². The van der Waals surface area contributed by atoms with E-state index in [1.165, 1.54) is 6.07 Å². The number of aryl methyl sites for hydroxylation is 1. The van der Waals surface area contributed by atoms with Gasteiger partial charge in [-0.2, -0.15) is 0 Å². The van der Waals surface area contributed by atoms with Gasteiger partial charge in [0.15, 0.2) is 0 Å². The molecule has 20 heavy (non-hydrogen) atoms. The van der Waals surface area contributed by atoms with E-state index in [0.29, 0.717) is 11.3 Å². The molecule has 0 fully saturated rings. The van der Waals surface area contributed by atoms with Crippen LogP contribution in [-0.4, -0.2) is 5.91 Å². The number of hydrogen-bond acceptors (Lipinski definition) is 2. The van der Waals surface area contributed by atoms with Crippen molar-refractivity contribution in [1.29, 1.82) is 0 Å². The fraction of sp³-hybridized carbons (Fsp3) is 0.133. The molecule has 3 N–H and O–H groups in total. The van der Waals surface area contributed by atoms with Gasteiger partial charge in [-0.25, -0.2) is 8.78 Å². The van der Waals surface area contributed by atoms with Gasteiger partial charge in [0.2, 0.25) is 0 Å². The fourth-order valence-corrected chi connectivity index (χ4v) is 1.80. The van der Waals surface area contributed by atoms with Crippen molar-refractivity contribution in [2.75, 3.05) is 5.73 Å². The standard InChI is InChI=1S/C15H14F2N2O/c1-9-2-5-14(18)12(6-9)15(20)19-8-10-3-4-11(16)7-13(10)17/h2-7H,8,18H2,1H3,(H,19,20). The van der Waals surface area contributed by atoms with Crippen molar-refractivity contribution in [3.63, 3.8) is 0 Å². The maximum atomic E-state index is 13.4. The third kappa shape index (κ3) is 3.12. The average molecular weight is 276 g/mol. The van der Waals surface area contributed by atoms with Crippen LogP contribution in [0.15, 0.2) is 36.4 Å². The van der Waals surface area contributed by atoms with Crippen molar-refractivity contribution < 1.29 is 13.6 Å². The number of nitrogens with two attached hydrogens (primary N) is 1. The molecule has 0 bridgehead atoms. The first-order valence-electron chi connectivity index (χ1n) is 6.05. The highest BCUT2D eigenvalue weighted by Gasteiger charge is 2.11. The smallest absolute Gasteiger partial charge is 0.253 e. The zero-order valence-electron chi connectivity index (χ0n) is 10.9. The van der Waals surface area contributed by atoms with Crippen molar-refractivity contribution in [3.05, 3.63) is 64.7 Å². The zero-order valence-corrected chi connectivity index (χ0v) is 10.9. The monoisotopic (exact) mass is 276 g/mol. The first-order valence-corrected chi connectivity index (χ1v) is 6.05. The maximum Gasteiger partial charge on any atom is 0.253 e. The first-order chi connectivity index (χ1) is 9.47. The van der Waals surface area contributed by atoms with Crippen LogP contribution in [-0.2, 0) is 6.54 Å². The normalized spacial score (nSPS) is 10.3. The molecule has 0 spiro atoms. The van der Waals surface area contributed by atoms with Crippen LogP contribution in [0.25, 0.3) is 0 Å². The molecule has 1 amide bonds. The van der Waals surface area contributed by atoms with Gasteiger partial charge in [0.25, 0.3) is 5.91 Å². The van der Waals surface area contributed by atoms with Crippen molar-refractivity contribution in [2.24, 2.45) is 0 Å². The van der Waals surface area contributed by atoms with Gasteiger partial charge in [0.1, 0.15) is 11.6 Å². The Kier molecular flexibility index (Phi) is 3.98. The topological polar surface area (TPSA) is 55.1 Å². The quantitative estimate of drug-likeness (QED) is 0.847. The molecule has 0 saturated heterocycles. The van der Waals surface area contributed by atoms with Gasteiger partial charge < -0.3 is 11.1 Å². The highest BCUT2D eigenvalue weighted by atomic mass is 19.1. The molecule has 2 rings (SSSR count). The minimum Gasteiger partial charge on any atom is -0.398 e. The zero-order chi connectivity index (χ0) is 14.7. The largest absolute Gasteiger partial charge is 0.398 e. The van der Waals surface area contributed by atoms with Gasteiger partial charge in [-0.15, -0.1) is 0 Å². The lowest BCUT2D eigenvalue weighted by atomic mass is 10.1. The highest BCUT2D eigenvalue weighted by Crippen LogP contribution is 2.14. The summed E-state index contributed by atoms with van der Waals surface area (Å²) in [6, 6.07) is 8.32. The van der Waals surface area contributed by atoms with E-state index in [9.17, 15) is 13.6 Å². The molecule has 0 heterocycles. The maximum absolute atomic E-state index is 13.4. The summed E-state index contributed by atoms with van der Waals surface area (Å²) in [6.45, 7) is 1.81. The number of halogens is 2. The summed E-state index contributed by atoms with van der Waals surface area (Å²) in [7, 11) is 0. The minimum absolute atomic E-state index is 0.0294. The molecular weight excluding hydrogens is 262 g/mol. The second kappa shape index (κ2) is 5.69. The lowest BCUT2D eigenvalue weighted by molar-refractivity contribution is 0.0951. The number of rotatable bonds is 3. The minimum atomic E-state index is -0.692. The summed E-state index contributed by atoms with van der Waals surface area (Å²) in [5, 5.41) is 2.56. The van der Waals surface area contributed by atoms with Crippen LogP contribution < -0.4 is 11.1 Å². The van der Waals surface area contributed by atoms with Crippen LogP contribution in [0.3, 0.4) is 0 Å². The second-order valence-electron chi connectivity index (χ2n) is 4.51. The number of amides is 1. The van der Waals surface area contributed by atoms with Gasteiger partial charge in [0, 0.05) is 23.9 Å². The number of nitrogen functional groups attached to an aromatic ring is 1. The van der Waals surface area contributed by atoms with Crippen LogP contribution >= 0.6 is 0 Å². The SMILES string of the molecule is Cc1ccc(N)c(C(=O)NCc2ccc(F)cc2F)c1. The predicted octanol–water partition coefficient (Wildman–Crippen LogP) is 2.79. The molecule has 5 heteroatoms. The molecule has 0 aliphatic carbocycles. The number of carbonyl (C=O) groups is 1. The van der Waals surface area contributed by atoms with Gasteiger partial charge >= 0.3 is 0 Å². The Morgan fingerprint density at radius 1 is 1.20 bits per heavy atom. The van der Waals surface area contributed by atoms with Gasteiger partial charge in [-0.1, -0.05) is 17.7 Å². The number of anilines is 1. The predicted molar refractivity (Wildman–Crippen MR) is 73.1 cm³/mol. The van der Waals surface area contributed by atoms with Crippen LogP contribution in [0.4, 0.5) is 14.5 Å². The molecule has 104 valence electrons. The Morgan fingerprint density at radius 2 is 1.95 bits per heavy atom. The number of carbonyl (C=O) groups excluding carboxylic acids is 1. The van der Waals surface area contributed by atoms with E-state index in [1.54, 1.807) is 18.2 Å². The molecular formula is C15H14F2N2O. The second-order valence-corrected chi connectivity index (χ2v) is 4.51. The molecule has 0 radical (unpaired) electrons. The summed E-state index contributed by atoms with van der Waals surface area (Å²) >= 11 is 0. The van der Waals surface area contributed by atoms with Gasteiger partial charge in [-0.3, -0.25) is 4.79 Å².